The third kappa shape index (κ3) is 4.19. The van der Waals surface area contributed by atoms with E-state index in [2.05, 4.69) is 44.8 Å². The minimum absolute atomic E-state index is 0.540. The van der Waals surface area contributed by atoms with Crippen molar-refractivity contribution < 1.29 is 0 Å². The van der Waals surface area contributed by atoms with Gasteiger partial charge in [-0.05, 0) is 55.5 Å². The molecular formula is C17H34N2. The van der Waals surface area contributed by atoms with Gasteiger partial charge < -0.3 is 10.2 Å². The lowest BCUT2D eigenvalue weighted by molar-refractivity contribution is 0.106. The van der Waals surface area contributed by atoms with E-state index < -0.39 is 0 Å². The van der Waals surface area contributed by atoms with Crippen molar-refractivity contribution in [2.45, 2.75) is 66.3 Å². The number of hydrogen-bond acceptors (Lipinski definition) is 2. The van der Waals surface area contributed by atoms with Gasteiger partial charge in [0.15, 0.2) is 0 Å². The lowest BCUT2D eigenvalue weighted by Crippen LogP contribution is -2.47. The summed E-state index contributed by atoms with van der Waals surface area (Å²) in [6, 6.07) is 0.752. The van der Waals surface area contributed by atoms with Crippen LogP contribution in [0, 0.1) is 16.7 Å². The Hall–Kier alpha value is -0.0800. The zero-order chi connectivity index (χ0) is 14.1. The summed E-state index contributed by atoms with van der Waals surface area (Å²) in [5.74, 6) is 0.845. The molecule has 1 saturated heterocycles. The predicted molar refractivity (Wildman–Crippen MR) is 83.4 cm³/mol. The van der Waals surface area contributed by atoms with Crippen LogP contribution in [-0.2, 0) is 0 Å². The SMILES string of the molecule is CCNC1CCC(C)(C)CC1CN1CCC(C)(C)C1. The Morgan fingerprint density at radius 2 is 1.84 bits per heavy atom. The Morgan fingerprint density at radius 1 is 1.11 bits per heavy atom. The first-order chi connectivity index (χ1) is 8.81. The van der Waals surface area contributed by atoms with Gasteiger partial charge in [0.05, 0.1) is 0 Å². The Kier molecular flexibility index (Phi) is 4.62. The molecule has 0 aromatic heterocycles. The summed E-state index contributed by atoms with van der Waals surface area (Å²) < 4.78 is 0. The maximum atomic E-state index is 3.74. The zero-order valence-corrected chi connectivity index (χ0v) is 13.8. The monoisotopic (exact) mass is 266 g/mol. The maximum absolute atomic E-state index is 3.74. The Morgan fingerprint density at radius 3 is 2.42 bits per heavy atom. The summed E-state index contributed by atoms with van der Waals surface area (Å²) in [7, 11) is 0. The second-order valence-electron chi connectivity index (χ2n) is 8.48. The number of nitrogens with zero attached hydrogens (tertiary/aromatic N) is 1. The van der Waals surface area contributed by atoms with Gasteiger partial charge >= 0.3 is 0 Å². The van der Waals surface area contributed by atoms with Gasteiger partial charge in [-0.15, -0.1) is 0 Å². The summed E-state index contributed by atoms with van der Waals surface area (Å²) in [5, 5.41) is 3.74. The highest BCUT2D eigenvalue weighted by molar-refractivity contribution is 4.92. The molecule has 2 heteroatoms. The van der Waals surface area contributed by atoms with Gasteiger partial charge in [-0.1, -0.05) is 34.6 Å². The van der Waals surface area contributed by atoms with Crippen molar-refractivity contribution >= 4 is 0 Å². The molecule has 2 rings (SSSR count). The second-order valence-corrected chi connectivity index (χ2v) is 8.48. The highest BCUT2D eigenvalue weighted by atomic mass is 15.2. The van der Waals surface area contributed by atoms with Crippen LogP contribution in [-0.4, -0.2) is 37.1 Å². The van der Waals surface area contributed by atoms with Crippen molar-refractivity contribution in [2.24, 2.45) is 16.7 Å². The molecule has 2 aliphatic rings. The number of hydrogen-bond donors (Lipinski definition) is 1. The second kappa shape index (κ2) is 5.73. The maximum Gasteiger partial charge on any atom is 0.0108 e. The highest BCUT2D eigenvalue weighted by Crippen LogP contribution is 2.40. The molecule has 1 aliphatic carbocycles. The molecule has 2 fully saturated rings. The van der Waals surface area contributed by atoms with E-state index in [1.807, 2.05) is 0 Å². The fourth-order valence-electron chi connectivity index (χ4n) is 4.17. The van der Waals surface area contributed by atoms with E-state index >= 15 is 0 Å². The van der Waals surface area contributed by atoms with Crippen LogP contribution in [0.5, 0.6) is 0 Å². The molecule has 1 N–H and O–H groups in total. The smallest absolute Gasteiger partial charge is 0.0108 e. The largest absolute Gasteiger partial charge is 0.314 e. The Labute approximate surface area is 120 Å². The van der Waals surface area contributed by atoms with Crippen LogP contribution in [0.15, 0.2) is 0 Å². The van der Waals surface area contributed by atoms with Gasteiger partial charge in [0.25, 0.3) is 0 Å². The fourth-order valence-corrected chi connectivity index (χ4v) is 4.17. The molecule has 0 spiro atoms. The third-order valence-corrected chi connectivity index (χ3v) is 5.23. The molecule has 1 saturated carbocycles. The van der Waals surface area contributed by atoms with Crippen molar-refractivity contribution in [3.8, 4) is 0 Å². The van der Waals surface area contributed by atoms with E-state index in [-0.39, 0.29) is 0 Å². The molecule has 0 bridgehead atoms. The Balaban J connectivity index is 1.94. The molecule has 0 amide bonds. The van der Waals surface area contributed by atoms with Crippen LogP contribution in [0.25, 0.3) is 0 Å². The van der Waals surface area contributed by atoms with Gasteiger partial charge in [-0.25, -0.2) is 0 Å². The normalized spacial score (nSPS) is 34.6. The van der Waals surface area contributed by atoms with E-state index in [0.717, 1.165) is 18.5 Å². The van der Waals surface area contributed by atoms with Crippen molar-refractivity contribution in [3.05, 3.63) is 0 Å². The molecule has 0 aromatic rings. The summed E-state index contributed by atoms with van der Waals surface area (Å²) in [6.07, 6.45) is 5.51. The van der Waals surface area contributed by atoms with Gasteiger partial charge in [-0.2, -0.15) is 0 Å². The first-order valence-corrected chi connectivity index (χ1v) is 8.27. The summed E-state index contributed by atoms with van der Waals surface area (Å²) >= 11 is 0. The molecule has 0 aromatic carbocycles. The van der Waals surface area contributed by atoms with E-state index in [1.54, 1.807) is 0 Å². The van der Waals surface area contributed by atoms with Gasteiger partial charge in [-0.3, -0.25) is 0 Å². The van der Waals surface area contributed by atoms with E-state index in [1.165, 1.54) is 45.3 Å². The molecule has 2 unspecified atom stereocenters. The number of rotatable bonds is 4. The standard InChI is InChI=1S/C17H34N2/c1-6-18-15-7-8-16(2,3)11-14(15)12-19-10-9-17(4,5)13-19/h14-15,18H,6-13H2,1-5H3. The number of nitrogens with one attached hydrogen (secondary N) is 1. The fraction of sp³-hybridized carbons (Fsp3) is 1.00. The Bertz CT molecular complexity index is 296. The lowest BCUT2D eigenvalue weighted by atomic mass is 9.69. The van der Waals surface area contributed by atoms with Crippen molar-refractivity contribution in [1.82, 2.24) is 10.2 Å². The van der Waals surface area contributed by atoms with E-state index in [9.17, 15) is 0 Å². The summed E-state index contributed by atoms with van der Waals surface area (Å²) in [6.45, 7) is 17.0. The van der Waals surface area contributed by atoms with Crippen molar-refractivity contribution in [3.63, 3.8) is 0 Å². The minimum Gasteiger partial charge on any atom is -0.314 e. The zero-order valence-electron chi connectivity index (χ0n) is 13.8. The van der Waals surface area contributed by atoms with Crippen LogP contribution in [0.1, 0.15) is 60.3 Å². The van der Waals surface area contributed by atoms with E-state index in [4.69, 9.17) is 0 Å². The third-order valence-electron chi connectivity index (χ3n) is 5.23. The average Bonchev–Trinajstić information content (AvgIpc) is 2.62. The topological polar surface area (TPSA) is 15.3 Å². The molecule has 2 nitrogen and oxygen atoms in total. The molecule has 19 heavy (non-hydrogen) atoms. The quantitative estimate of drug-likeness (QED) is 0.837. The van der Waals surface area contributed by atoms with Crippen LogP contribution < -0.4 is 5.32 Å². The first kappa shape index (κ1) is 15.3. The van der Waals surface area contributed by atoms with Gasteiger partial charge in [0.1, 0.15) is 0 Å². The molecular weight excluding hydrogens is 232 g/mol. The molecule has 112 valence electrons. The van der Waals surface area contributed by atoms with Crippen LogP contribution >= 0.6 is 0 Å². The number of likely N-dealkylation sites (tertiary alicyclic amines) is 1. The highest BCUT2D eigenvalue weighted by Gasteiger charge is 2.37. The predicted octanol–water partition coefficient (Wildman–Crippen LogP) is 3.52. The average molecular weight is 266 g/mol. The first-order valence-electron chi connectivity index (χ1n) is 8.27. The molecule has 1 aliphatic heterocycles. The summed E-state index contributed by atoms with van der Waals surface area (Å²) in [5.41, 5.74) is 1.09. The molecule has 1 heterocycles. The van der Waals surface area contributed by atoms with Crippen LogP contribution in [0.4, 0.5) is 0 Å². The van der Waals surface area contributed by atoms with Crippen molar-refractivity contribution in [1.29, 1.82) is 0 Å². The van der Waals surface area contributed by atoms with Crippen molar-refractivity contribution in [2.75, 3.05) is 26.2 Å². The van der Waals surface area contributed by atoms with Gasteiger partial charge in [0, 0.05) is 19.1 Å². The molecule has 2 atom stereocenters. The van der Waals surface area contributed by atoms with Gasteiger partial charge in [0.2, 0.25) is 0 Å². The van der Waals surface area contributed by atoms with E-state index in [0.29, 0.717) is 10.8 Å². The van der Waals surface area contributed by atoms with Crippen LogP contribution in [0.3, 0.4) is 0 Å². The molecule has 0 radical (unpaired) electrons. The van der Waals surface area contributed by atoms with Crippen LogP contribution in [0.2, 0.25) is 0 Å². The summed E-state index contributed by atoms with van der Waals surface area (Å²) in [4.78, 5) is 2.72. The lowest BCUT2D eigenvalue weighted by Gasteiger charge is -2.42. The minimum atomic E-state index is 0.540.